The summed E-state index contributed by atoms with van der Waals surface area (Å²) in [6, 6.07) is 11.6. The second-order valence-electron chi connectivity index (χ2n) is 8.72. The molecule has 1 fully saturated rings. The Bertz CT molecular complexity index is 1240. The predicted octanol–water partition coefficient (Wildman–Crippen LogP) is 3.74. The Labute approximate surface area is 214 Å². The summed E-state index contributed by atoms with van der Waals surface area (Å²) in [6.45, 7) is 0.261. The quantitative estimate of drug-likeness (QED) is 0.397. The molecule has 2 heterocycles. The predicted molar refractivity (Wildman–Crippen MR) is 134 cm³/mol. The van der Waals surface area contributed by atoms with Crippen molar-refractivity contribution in [2.45, 2.75) is 44.7 Å². The van der Waals surface area contributed by atoms with Crippen molar-refractivity contribution in [1.82, 2.24) is 25.9 Å². The summed E-state index contributed by atoms with van der Waals surface area (Å²) in [5, 5.41) is 8.33. The molecular weight excluding hydrogens is 482 g/mol. The maximum atomic E-state index is 12.9. The molecule has 3 amide bonds. The van der Waals surface area contributed by atoms with E-state index in [0.29, 0.717) is 5.76 Å². The third kappa shape index (κ3) is 6.28. The molecule has 1 aliphatic rings. The number of carbonyl (C=O) groups is 3. The van der Waals surface area contributed by atoms with Gasteiger partial charge in [0, 0.05) is 25.4 Å². The zero-order valence-electron chi connectivity index (χ0n) is 19.9. The lowest BCUT2D eigenvalue weighted by atomic mass is 9.83. The van der Waals surface area contributed by atoms with E-state index in [2.05, 4.69) is 25.9 Å². The highest BCUT2D eigenvalue weighted by Crippen LogP contribution is 2.28. The number of likely N-dealkylation sites (N-methyl/N-ethyl adjacent to an activating group) is 1. The van der Waals surface area contributed by atoms with Gasteiger partial charge in [0.1, 0.15) is 17.5 Å². The topological polar surface area (TPSA) is 126 Å². The number of nitrogens with one attached hydrogen (secondary N) is 3. The van der Waals surface area contributed by atoms with E-state index in [1.54, 1.807) is 19.2 Å². The standard InChI is InChI=1S/C26H28ClN5O4/c1-28-25(35)22(17-7-3-2-4-8-17)32-24(34)21-11-10-20(36-21)18-9-5-6-16(14-18)15-30-23(33)19-12-13-29-26(27)31-19/h5-6,9-14,17,22H,2-4,7-8,15H2,1H3,(H,28,35)(H,30,33)(H,32,34)/t22-/m0/s1. The van der Waals surface area contributed by atoms with Gasteiger partial charge in [-0.1, -0.05) is 37.5 Å². The van der Waals surface area contributed by atoms with Crippen LogP contribution in [-0.2, 0) is 11.3 Å². The number of hydrogen-bond acceptors (Lipinski definition) is 6. The second-order valence-corrected chi connectivity index (χ2v) is 9.06. The van der Waals surface area contributed by atoms with Crippen molar-refractivity contribution in [3.05, 3.63) is 71.0 Å². The van der Waals surface area contributed by atoms with Gasteiger partial charge in [-0.2, -0.15) is 0 Å². The maximum Gasteiger partial charge on any atom is 0.287 e. The summed E-state index contributed by atoms with van der Waals surface area (Å²) in [7, 11) is 1.58. The van der Waals surface area contributed by atoms with Crippen LogP contribution < -0.4 is 16.0 Å². The summed E-state index contributed by atoms with van der Waals surface area (Å²) in [6.07, 6.45) is 6.52. The van der Waals surface area contributed by atoms with Gasteiger partial charge in [0.2, 0.25) is 11.2 Å². The minimum Gasteiger partial charge on any atom is -0.451 e. The number of rotatable bonds is 8. The fraction of sp³-hybridized carbons (Fsp3) is 0.346. The van der Waals surface area contributed by atoms with Crippen LogP contribution in [-0.4, -0.2) is 40.8 Å². The fourth-order valence-corrected chi connectivity index (χ4v) is 4.56. The van der Waals surface area contributed by atoms with Crippen LogP contribution in [0.3, 0.4) is 0 Å². The van der Waals surface area contributed by atoms with Crippen LogP contribution in [0.5, 0.6) is 0 Å². The van der Waals surface area contributed by atoms with Crippen LogP contribution in [0.25, 0.3) is 11.3 Å². The third-order valence-electron chi connectivity index (χ3n) is 6.29. The molecule has 1 saturated carbocycles. The molecule has 0 unspecified atom stereocenters. The van der Waals surface area contributed by atoms with E-state index in [1.807, 2.05) is 24.3 Å². The van der Waals surface area contributed by atoms with E-state index in [-0.39, 0.29) is 41.0 Å². The van der Waals surface area contributed by atoms with Gasteiger partial charge in [-0.3, -0.25) is 14.4 Å². The SMILES string of the molecule is CNC(=O)[C@@H](NC(=O)c1ccc(-c2cccc(CNC(=O)c3ccnc(Cl)n3)c2)o1)C1CCCCC1. The van der Waals surface area contributed by atoms with Gasteiger partial charge in [-0.15, -0.1) is 0 Å². The Morgan fingerprint density at radius 3 is 2.64 bits per heavy atom. The van der Waals surface area contributed by atoms with Gasteiger partial charge in [0.05, 0.1) is 0 Å². The first-order chi connectivity index (χ1) is 17.4. The number of hydrogen-bond donors (Lipinski definition) is 3. The van der Waals surface area contributed by atoms with E-state index in [1.165, 1.54) is 12.3 Å². The molecule has 0 spiro atoms. The number of aromatic nitrogens is 2. The third-order valence-corrected chi connectivity index (χ3v) is 6.47. The Morgan fingerprint density at radius 1 is 1.08 bits per heavy atom. The Balaban J connectivity index is 1.41. The molecular formula is C26H28ClN5O4. The molecule has 36 heavy (non-hydrogen) atoms. The molecule has 2 aromatic heterocycles. The molecule has 188 valence electrons. The smallest absolute Gasteiger partial charge is 0.287 e. The van der Waals surface area contributed by atoms with Crippen molar-refractivity contribution in [3.63, 3.8) is 0 Å². The number of carbonyl (C=O) groups excluding carboxylic acids is 3. The number of halogens is 1. The van der Waals surface area contributed by atoms with Crippen LogP contribution in [0.15, 0.2) is 53.1 Å². The zero-order valence-corrected chi connectivity index (χ0v) is 20.7. The molecule has 1 aliphatic carbocycles. The second kappa shape index (κ2) is 11.8. The molecule has 3 N–H and O–H groups in total. The molecule has 1 atom stereocenters. The summed E-state index contributed by atoms with van der Waals surface area (Å²) in [5.74, 6) is -0.236. The normalized spacial score (nSPS) is 14.6. The van der Waals surface area contributed by atoms with E-state index >= 15 is 0 Å². The van der Waals surface area contributed by atoms with Gasteiger partial charge >= 0.3 is 0 Å². The molecule has 0 saturated heterocycles. The molecule has 1 aromatic carbocycles. The lowest BCUT2D eigenvalue weighted by Gasteiger charge is -2.29. The first-order valence-electron chi connectivity index (χ1n) is 11.9. The fourth-order valence-electron chi connectivity index (χ4n) is 4.42. The average molecular weight is 510 g/mol. The van der Waals surface area contributed by atoms with Crippen molar-refractivity contribution in [2.24, 2.45) is 5.92 Å². The van der Waals surface area contributed by atoms with Crippen molar-refractivity contribution in [2.75, 3.05) is 7.05 Å². The molecule has 9 nitrogen and oxygen atoms in total. The Kier molecular flexibility index (Phi) is 8.32. The number of nitrogens with zero attached hydrogens (tertiary/aromatic N) is 2. The van der Waals surface area contributed by atoms with Crippen LogP contribution in [0, 0.1) is 5.92 Å². The lowest BCUT2D eigenvalue weighted by molar-refractivity contribution is -0.124. The molecule has 3 aromatic rings. The Hall–Kier alpha value is -3.72. The molecule has 0 radical (unpaired) electrons. The highest BCUT2D eigenvalue weighted by molar-refractivity contribution is 6.28. The van der Waals surface area contributed by atoms with E-state index in [4.69, 9.17) is 16.0 Å². The molecule has 0 aliphatic heterocycles. The largest absolute Gasteiger partial charge is 0.451 e. The average Bonchev–Trinajstić information content (AvgIpc) is 3.41. The summed E-state index contributed by atoms with van der Waals surface area (Å²) >= 11 is 5.75. The molecule has 0 bridgehead atoms. The first kappa shape index (κ1) is 25.4. The van der Waals surface area contributed by atoms with Gasteiger partial charge in [0.15, 0.2) is 5.76 Å². The van der Waals surface area contributed by atoms with Crippen LogP contribution in [0.2, 0.25) is 5.28 Å². The van der Waals surface area contributed by atoms with Gasteiger partial charge in [-0.25, -0.2) is 9.97 Å². The number of furan rings is 1. The minimum atomic E-state index is -0.590. The van der Waals surface area contributed by atoms with Gasteiger partial charge in [-0.05, 0) is 60.2 Å². The number of amides is 3. The summed E-state index contributed by atoms with van der Waals surface area (Å²) in [4.78, 5) is 45.4. The molecule has 10 heteroatoms. The highest BCUT2D eigenvalue weighted by atomic mass is 35.5. The Morgan fingerprint density at radius 2 is 1.89 bits per heavy atom. The zero-order chi connectivity index (χ0) is 25.5. The van der Waals surface area contributed by atoms with Crippen LogP contribution >= 0.6 is 11.6 Å². The van der Waals surface area contributed by atoms with E-state index in [0.717, 1.165) is 43.2 Å². The maximum absolute atomic E-state index is 12.9. The van der Waals surface area contributed by atoms with Crippen LogP contribution in [0.1, 0.15) is 58.7 Å². The lowest BCUT2D eigenvalue weighted by Crippen LogP contribution is -2.50. The first-order valence-corrected chi connectivity index (χ1v) is 12.3. The summed E-state index contributed by atoms with van der Waals surface area (Å²) in [5.41, 5.74) is 1.76. The summed E-state index contributed by atoms with van der Waals surface area (Å²) < 4.78 is 5.83. The van der Waals surface area contributed by atoms with E-state index < -0.39 is 11.9 Å². The van der Waals surface area contributed by atoms with Gasteiger partial charge < -0.3 is 20.4 Å². The van der Waals surface area contributed by atoms with E-state index in [9.17, 15) is 14.4 Å². The molecule has 4 rings (SSSR count). The van der Waals surface area contributed by atoms with Crippen molar-refractivity contribution in [3.8, 4) is 11.3 Å². The van der Waals surface area contributed by atoms with Crippen molar-refractivity contribution >= 4 is 29.3 Å². The minimum absolute atomic E-state index is 0.00249. The van der Waals surface area contributed by atoms with Crippen molar-refractivity contribution < 1.29 is 18.8 Å². The van der Waals surface area contributed by atoms with Crippen molar-refractivity contribution in [1.29, 1.82) is 0 Å². The monoisotopic (exact) mass is 509 g/mol. The van der Waals surface area contributed by atoms with Gasteiger partial charge in [0.25, 0.3) is 11.8 Å². The van der Waals surface area contributed by atoms with Crippen LogP contribution in [0.4, 0.5) is 0 Å². The number of benzene rings is 1. The highest BCUT2D eigenvalue weighted by Gasteiger charge is 2.31.